The van der Waals surface area contributed by atoms with Crippen LogP contribution in [0.1, 0.15) is 41.4 Å². The number of imidazole rings is 1. The first kappa shape index (κ1) is 24.1. The molecule has 4 heteroatoms. The molecule has 1 aromatic heterocycles. The lowest BCUT2D eigenvalue weighted by Gasteiger charge is -2.38. The lowest BCUT2D eigenvalue weighted by molar-refractivity contribution is 0.604. The SMILES string of the molecule is CCC[SiH2]C(c1ccccc1)(c1ccccc1)n1ccnc1BC(c1ccccc1)c1ccccc1. The summed E-state index contributed by atoms with van der Waals surface area (Å²) in [6.07, 6.45) is 5.43. The summed E-state index contributed by atoms with van der Waals surface area (Å²) >= 11 is 0. The van der Waals surface area contributed by atoms with Gasteiger partial charge in [0.15, 0.2) is 0 Å². The summed E-state index contributed by atoms with van der Waals surface area (Å²) in [6.45, 7) is 2.31. The highest BCUT2D eigenvalue weighted by Crippen LogP contribution is 2.34. The number of rotatable bonds is 10. The quantitative estimate of drug-likeness (QED) is 0.240. The maximum Gasteiger partial charge on any atom is 0.217 e. The van der Waals surface area contributed by atoms with E-state index in [0.717, 1.165) is 13.0 Å². The highest BCUT2D eigenvalue weighted by atomic mass is 28.2. The molecule has 0 aliphatic rings. The van der Waals surface area contributed by atoms with Crippen LogP contribution in [0.3, 0.4) is 0 Å². The minimum atomic E-state index is -0.605. The first-order valence-electron chi connectivity index (χ1n) is 13.1. The first-order valence-corrected chi connectivity index (χ1v) is 14.8. The van der Waals surface area contributed by atoms with Gasteiger partial charge >= 0.3 is 0 Å². The average Bonchev–Trinajstić information content (AvgIpc) is 3.43. The van der Waals surface area contributed by atoms with E-state index >= 15 is 0 Å². The Morgan fingerprint density at radius 2 is 1.19 bits per heavy atom. The van der Waals surface area contributed by atoms with Crippen LogP contribution in [-0.2, 0) is 5.16 Å². The Hall–Kier alpha value is -3.63. The molecule has 0 N–H and O–H groups in total. The zero-order valence-corrected chi connectivity index (χ0v) is 22.4. The highest BCUT2D eigenvalue weighted by molar-refractivity contribution is 6.54. The van der Waals surface area contributed by atoms with Crippen molar-refractivity contribution < 1.29 is 0 Å². The first-order chi connectivity index (χ1) is 17.8. The van der Waals surface area contributed by atoms with E-state index in [4.69, 9.17) is 4.98 Å². The van der Waals surface area contributed by atoms with Gasteiger partial charge in [0.1, 0.15) is 0 Å². The van der Waals surface area contributed by atoms with E-state index in [1.165, 1.54) is 34.7 Å². The van der Waals surface area contributed by atoms with Crippen LogP contribution in [0.25, 0.3) is 0 Å². The van der Waals surface area contributed by atoms with Gasteiger partial charge < -0.3 is 4.57 Å². The largest absolute Gasteiger partial charge is 0.332 e. The molecule has 0 saturated heterocycles. The fraction of sp³-hybridized carbons (Fsp3) is 0.156. The van der Waals surface area contributed by atoms with E-state index in [2.05, 4.69) is 139 Å². The van der Waals surface area contributed by atoms with E-state index in [1.54, 1.807) is 0 Å². The summed E-state index contributed by atoms with van der Waals surface area (Å²) in [7, 11) is 0.245. The Kier molecular flexibility index (Phi) is 7.63. The van der Waals surface area contributed by atoms with Gasteiger partial charge in [0, 0.05) is 12.4 Å². The van der Waals surface area contributed by atoms with Gasteiger partial charge in [-0.3, -0.25) is 4.98 Å². The van der Waals surface area contributed by atoms with Crippen molar-refractivity contribution in [2.45, 2.75) is 30.4 Å². The van der Waals surface area contributed by atoms with Crippen LogP contribution in [0, 0.1) is 0 Å². The van der Waals surface area contributed by atoms with E-state index in [9.17, 15) is 0 Å². The summed E-state index contributed by atoms with van der Waals surface area (Å²) in [4.78, 5) is 5.02. The third kappa shape index (κ3) is 4.87. The summed E-state index contributed by atoms with van der Waals surface area (Å²) in [5.74, 6) is 0.241. The zero-order chi connectivity index (χ0) is 24.6. The zero-order valence-electron chi connectivity index (χ0n) is 21.0. The van der Waals surface area contributed by atoms with Crippen LogP contribution >= 0.6 is 0 Å². The normalized spacial score (nSPS) is 11.8. The third-order valence-electron chi connectivity index (χ3n) is 7.31. The highest BCUT2D eigenvalue weighted by Gasteiger charge is 2.37. The molecule has 0 aliphatic heterocycles. The predicted molar refractivity (Wildman–Crippen MR) is 156 cm³/mol. The molecule has 2 nitrogen and oxygen atoms in total. The molecule has 1 heterocycles. The number of nitrogens with zero attached hydrogens (tertiary/aromatic N) is 2. The van der Waals surface area contributed by atoms with Gasteiger partial charge in [-0.05, 0) is 28.1 Å². The average molecular weight is 485 g/mol. The van der Waals surface area contributed by atoms with Crippen molar-refractivity contribution >= 4 is 22.5 Å². The van der Waals surface area contributed by atoms with Crippen molar-refractivity contribution in [3.8, 4) is 0 Å². The van der Waals surface area contributed by atoms with Crippen LogP contribution in [0.15, 0.2) is 134 Å². The molecule has 5 aromatic rings. The summed E-state index contributed by atoms with van der Waals surface area (Å²) in [6, 6.07) is 45.2. The van der Waals surface area contributed by atoms with Crippen LogP contribution in [0.5, 0.6) is 0 Å². The molecular formula is C32H33BN2Si. The van der Waals surface area contributed by atoms with E-state index in [1.807, 2.05) is 6.20 Å². The van der Waals surface area contributed by atoms with Gasteiger partial charge in [-0.1, -0.05) is 141 Å². The molecule has 0 aliphatic carbocycles. The molecule has 4 aromatic carbocycles. The Balaban J connectivity index is 1.67. The third-order valence-corrected chi connectivity index (χ3v) is 10.3. The number of hydrogen-bond donors (Lipinski definition) is 0. The van der Waals surface area contributed by atoms with E-state index in [-0.39, 0.29) is 11.0 Å². The fourth-order valence-corrected chi connectivity index (χ4v) is 7.97. The topological polar surface area (TPSA) is 17.8 Å². The summed E-state index contributed by atoms with van der Waals surface area (Å²) < 4.78 is 2.53. The molecule has 0 atom stereocenters. The Morgan fingerprint density at radius 1 is 0.722 bits per heavy atom. The van der Waals surface area contributed by atoms with Crippen molar-refractivity contribution in [2.75, 3.05) is 0 Å². The predicted octanol–water partition coefficient (Wildman–Crippen LogP) is 5.48. The van der Waals surface area contributed by atoms with E-state index < -0.39 is 9.52 Å². The second-order valence-corrected chi connectivity index (χ2v) is 11.7. The van der Waals surface area contributed by atoms with Gasteiger partial charge in [-0.15, -0.1) is 0 Å². The lowest BCUT2D eigenvalue weighted by Crippen LogP contribution is -2.49. The summed E-state index contributed by atoms with van der Waals surface area (Å²) in [5.41, 5.74) is 6.53. The Labute approximate surface area is 218 Å². The second kappa shape index (κ2) is 11.4. The number of aromatic nitrogens is 2. The maximum absolute atomic E-state index is 5.02. The molecule has 0 amide bonds. The van der Waals surface area contributed by atoms with Crippen molar-refractivity contribution in [1.82, 2.24) is 9.55 Å². The van der Waals surface area contributed by atoms with Crippen molar-refractivity contribution in [2.24, 2.45) is 0 Å². The molecule has 0 spiro atoms. The molecule has 0 bridgehead atoms. The molecule has 0 fully saturated rings. The lowest BCUT2D eigenvalue weighted by atomic mass is 9.58. The monoisotopic (exact) mass is 484 g/mol. The van der Waals surface area contributed by atoms with Crippen LogP contribution in [0.4, 0.5) is 0 Å². The molecule has 0 saturated carbocycles. The van der Waals surface area contributed by atoms with Crippen molar-refractivity contribution in [3.63, 3.8) is 0 Å². The molecule has 5 rings (SSSR count). The second-order valence-electron chi connectivity index (χ2n) is 9.49. The number of hydrogen-bond acceptors (Lipinski definition) is 1. The minimum absolute atomic E-state index is 0.178. The number of benzene rings is 4. The molecule has 178 valence electrons. The Bertz CT molecular complexity index is 1260. The Morgan fingerprint density at radius 3 is 1.67 bits per heavy atom. The molecule has 36 heavy (non-hydrogen) atoms. The van der Waals surface area contributed by atoms with Crippen LogP contribution in [-0.4, -0.2) is 26.4 Å². The molecular weight excluding hydrogens is 451 g/mol. The summed E-state index contributed by atoms with van der Waals surface area (Å²) in [5, 5.41) is -0.178. The van der Waals surface area contributed by atoms with Gasteiger partial charge in [-0.25, -0.2) is 0 Å². The van der Waals surface area contributed by atoms with Gasteiger partial charge in [0.25, 0.3) is 0 Å². The van der Waals surface area contributed by atoms with Crippen LogP contribution in [0.2, 0.25) is 6.04 Å². The molecule has 0 radical (unpaired) electrons. The van der Waals surface area contributed by atoms with Crippen molar-refractivity contribution in [1.29, 1.82) is 0 Å². The van der Waals surface area contributed by atoms with Gasteiger partial charge in [0.2, 0.25) is 7.28 Å². The van der Waals surface area contributed by atoms with Gasteiger partial charge in [-0.2, -0.15) is 0 Å². The van der Waals surface area contributed by atoms with E-state index in [0.29, 0.717) is 0 Å². The minimum Gasteiger partial charge on any atom is -0.332 e. The standard InChI is InChI=1S/C32H33BN2Si/c1-2-25-36-32(28-19-11-5-12-20-28,29-21-13-6-14-22-29)35-24-23-34-31(35)33-30(26-15-7-3-8-16-26)27-17-9-4-10-18-27/h3-24,30,33H,2,25,36H2,1H3. The maximum atomic E-state index is 5.02. The van der Waals surface area contributed by atoms with Crippen LogP contribution < -0.4 is 5.72 Å². The molecule has 0 unspecified atom stereocenters. The smallest absolute Gasteiger partial charge is 0.217 e. The van der Waals surface area contributed by atoms with Crippen molar-refractivity contribution in [3.05, 3.63) is 156 Å². The fourth-order valence-electron chi connectivity index (χ4n) is 5.53. The van der Waals surface area contributed by atoms with Gasteiger partial charge in [0.05, 0.1) is 20.4 Å².